The second kappa shape index (κ2) is 10.7. The molecule has 3 aromatic carbocycles. The molecule has 5 rings (SSSR count). The van der Waals surface area contributed by atoms with Gasteiger partial charge in [-0.25, -0.2) is 4.79 Å². The van der Waals surface area contributed by atoms with Crippen molar-refractivity contribution in [2.75, 3.05) is 31.1 Å². The zero-order valence-corrected chi connectivity index (χ0v) is 20.0. The van der Waals surface area contributed by atoms with Crippen LogP contribution < -0.4 is 15.5 Å². The molecule has 35 heavy (non-hydrogen) atoms. The van der Waals surface area contributed by atoms with Crippen LogP contribution in [0.4, 0.5) is 10.5 Å². The van der Waals surface area contributed by atoms with Crippen molar-refractivity contribution in [2.45, 2.75) is 32.4 Å². The average molecular weight is 469 g/mol. The molecular weight excluding hydrogens is 436 g/mol. The Labute approximate surface area is 206 Å². The first-order valence-corrected chi connectivity index (χ1v) is 12.5. The van der Waals surface area contributed by atoms with Gasteiger partial charge in [0.15, 0.2) is 0 Å². The summed E-state index contributed by atoms with van der Waals surface area (Å²) < 4.78 is 0. The number of para-hydroxylation sites is 1. The maximum atomic E-state index is 12.4. The van der Waals surface area contributed by atoms with Gasteiger partial charge in [0.2, 0.25) is 5.91 Å². The molecule has 2 N–H and O–H groups in total. The quantitative estimate of drug-likeness (QED) is 0.517. The first-order valence-electron chi connectivity index (χ1n) is 12.5. The number of benzene rings is 3. The highest BCUT2D eigenvalue weighted by atomic mass is 16.2. The summed E-state index contributed by atoms with van der Waals surface area (Å²) in [5.41, 5.74) is 6.67. The van der Waals surface area contributed by atoms with Crippen LogP contribution in [0.25, 0.3) is 11.1 Å². The number of urea groups is 1. The van der Waals surface area contributed by atoms with Crippen LogP contribution in [0.5, 0.6) is 0 Å². The van der Waals surface area contributed by atoms with Gasteiger partial charge in [-0.15, -0.1) is 0 Å². The highest BCUT2D eigenvalue weighted by molar-refractivity contribution is 6.01. The SMILES string of the molecule is O=C(NCCN1C(=O)Cc2ccccc21)NCc1ccccc1-c1ccc(CN2CCCC2)cc1. The van der Waals surface area contributed by atoms with Crippen LogP contribution in [0.15, 0.2) is 72.8 Å². The lowest BCUT2D eigenvalue weighted by atomic mass is 9.98. The predicted molar refractivity (Wildman–Crippen MR) is 139 cm³/mol. The number of likely N-dealkylation sites (tertiary alicyclic amines) is 1. The largest absolute Gasteiger partial charge is 0.336 e. The molecule has 1 fully saturated rings. The van der Waals surface area contributed by atoms with Crippen molar-refractivity contribution in [2.24, 2.45) is 0 Å². The summed E-state index contributed by atoms with van der Waals surface area (Å²) in [6.07, 6.45) is 3.03. The van der Waals surface area contributed by atoms with E-state index in [0.717, 1.165) is 34.5 Å². The Bertz CT molecular complexity index is 1190. The molecule has 0 saturated carbocycles. The molecule has 1 saturated heterocycles. The molecule has 6 heteroatoms. The minimum Gasteiger partial charge on any atom is -0.336 e. The number of anilines is 1. The van der Waals surface area contributed by atoms with E-state index in [2.05, 4.69) is 45.9 Å². The van der Waals surface area contributed by atoms with Crippen LogP contribution in [0, 0.1) is 0 Å². The molecule has 0 radical (unpaired) electrons. The maximum Gasteiger partial charge on any atom is 0.315 e. The smallest absolute Gasteiger partial charge is 0.315 e. The summed E-state index contributed by atoms with van der Waals surface area (Å²) in [4.78, 5) is 29.0. The van der Waals surface area contributed by atoms with Crippen LogP contribution in [-0.2, 0) is 24.3 Å². The lowest BCUT2D eigenvalue weighted by molar-refractivity contribution is -0.117. The zero-order valence-electron chi connectivity index (χ0n) is 20.0. The molecule has 2 heterocycles. The van der Waals surface area contributed by atoms with Gasteiger partial charge in [-0.3, -0.25) is 9.69 Å². The fraction of sp³-hybridized carbons (Fsp3) is 0.310. The average Bonchev–Trinajstić information content (AvgIpc) is 3.51. The number of amides is 3. The molecule has 0 atom stereocenters. The topological polar surface area (TPSA) is 64.7 Å². The zero-order chi connectivity index (χ0) is 24.0. The van der Waals surface area contributed by atoms with Gasteiger partial charge in [0.1, 0.15) is 0 Å². The van der Waals surface area contributed by atoms with E-state index in [0.29, 0.717) is 26.1 Å². The summed E-state index contributed by atoms with van der Waals surface area (Å²) >= 11 is 0. The molecule has 180 valence electrons. The Balaban J connectivity index is 1.13. The fourth-order valence-electron chi connectivity index (χ4n) is 5.03. The van der Waals surface area contributed by atoms with Gasteiger partial charge in [0.05, 0.1) is 6.42 Å². The number of fused-ring (bicyclic) bond motifs is 1. The summed E-state index contributed by atoms with van der Waals surface area (Å²) in [6, 6.07) is 24.5. The second-order valence-electron chi connectivity index (χ2n) is 9.30. The first-order chi connectivity index (χ1) is 17.2. The van der Waals surface area contributed by atoms with Gasteiger partial charge < -0.3 is 15.5 Å². The van der Waals surface area contributed by atoms with Crippen LogP contribution in [-0.4, -0.2) is 43.0 Å². The number of carbonyl (C=O) groups is 2. The van der Waals surface area contributed by atoms with E-state index in [1.165, 1.54) is 31.5 Å². The Hall–Kier alpha value is -3.64. The Morgan fingerprint density at radius 3 is 2.43 bits per heavy atom. The molecule has 0 bridgehead atoms. The Morgan fingerprint density at radius 1 is 0.857 bits per heavy atom. The number of nitrogens with zero attached hydrogens (tertiary/aromatic N) is 2. The lowest BCUT2D eigenvalue weighted by Crippen LogP contribution is -2.41. The van der Waals surface area contributed by atoms with Crippen molar-refractivity contribution in [3.8, 4) is 11.1 Å². The van der Waals surface area contributed by atoms with Crippen molar-refractivity contribution in [3.63, 3.8) is 0 Å². The summed E-state index contributed by atoms with van der Waals surface area (Å²) in [5.74, 6) is 0.0776. The maximum absolute atomic E-state index is 12.4. The monoisotopic (exact) mass is 468 g/mol. The minimum atomic E-state index is -0.235. The van der Waals surface area contributed by atoms with Crippen molar-refractivity contribution in [3.05, 3.63) is 89.5 Å². The van der Waals surface area contributed by atoms with Gasteiger partial charge in [-0.1, -0.05) is 66.7 Å². The minimum absolute atomic E-state index is 0.0776. The fourth-order valence-corrected chi connectivity index (χ4v) is 5.03. The van der Waals surface area contributed by atoms with Crippen LogP contribution in [0.1, 0.15) is 29.5 Å². The van der Waals surface area contributed by atoms with E-state index in [-0.39, 0.29) is 11.9 Å². The standard InChI is InChI=1S/C29H32N4O2/c34-28-19-24-7-2-4-10-27(24)33(28)18-15-30-29(35)31-20-25-8-1-3-9-26(25)23-13-11-22(12-14-23)21-32-16-5-6-17-32/h1-4,7-14H,5-6,15-21H2,(H2,30,31,35). The van der Waals surface area contributed by atoms with E-state index >= 15 is 0 Å². The third-order valence-corrected chi connectivity index (χ3v) is 6.87. The molecule has 0 aromatic heterocycles. The molecule has 0 aliphatic carbocycles. The number of carbonyl (C=O) groups excluding carboxylic acids is 2. The molecule has 2 aliphatic heterocycles. The van der Waals surface area contributed by atoms with Crippen LogP contribution >= 0.6 is 0 Å². The molecule has 0 spiro atoms. The van der Waals surface area contributed by atoms with Crippen molar-refractivity contribution < 1.29 is 9.59 Å². The van der Waals surface area contributed by atoms with Gasteiger partial charge in [-0.05, 0) is 59.8 Å². The van der Waals surface area contributed by atoms with E-state index in [9.17, 15) is 9.59 Å². The van der Waals surface area contributed by atoms with E-state index in [1.807, 2.05) is 42.5 Å². The molecule has 2 aliphatic rings. The van der Waals surface area contributed by atoms with Crippen molar-refractivity contribution in [1.82, 2.24) is 15.5 Å². The van der Waals surface area contributed by atoms with Crippen molar-refractivity contribution >= 4 is 17.6 Å². The van der Waals surface area contributed by atoms with Gasteiger partial charge in [-0.2, -0.15) is 0 Å². The number of nitrogens with one attached hydrogen (secondary N) is 2. The van der Waals surface area contributed by atoms with Gasteiger partial charge in [0.25, 0.3) is 0 Å². The normalized spacial score (nSPS) is 15.3. The van der Waals surface area contributed by atoms with E-state index in [4.69, 9.17) is 0 Å². The molecule has 0 unspecified atom stereocenters. The van der Waals surface area contributed by atoms with E-state index < -0.39 is 0 Å². The Kier molecular flexibility index (Phi) is 7.09. The summed E-state index contributed by atoms with van der Waals surface area (Å²) in [6.45, 7) is 4.69. The van der Waals surface area contributed by atoms with E-state index in [1.54, 1.807) is 4.90 Å². The first kappa shape index (κ1) is 23.1. The van der Waals surface area contributed by atoms with Gasteiger partial charge >= 0.3 is 6.03 Å². The number of hydrogen-bond donors (Lipinski definition) is 2. The number of rotatable bonds is 8. The molecular formula is C29H32N4O2. The third-order valence-electron chi connectivity index (χ3n) is 6.87. The van der Waals surface area contributed by atoms with Crippen molar-refractivity contribution in [1.29, 1.82) is 0 Å². The third kappa shape index (κ3) is 5.54. The van der Waals surface area contributed by atoms with Gasteiger partial charge in [0, 0.05) is 31.9 Å². The predicted octanol–water partition coefficient (Wildman–Crippen LogP) is 4.34. The summed E-state index contributed by atoms with van der Waals surface area (Å²) in [5, 5.41) is 5.85. The second-order valence-corrected chi connectivity index (χ2v) is 9.30. The molecule has 3 aromatic rings. The number of hydrogen-bond acceptors (Lipinski definition) is 3. The molecule has 3 amide bonds. The Morgan fingerprint density at radius 2 is 1.60 bits per heavy atom. The highest BCUT2D eigenvalue weighted by Crippen LogP contribution is 2.28. The summed E-state index contributed by atoms with van der Waals surface area (Å²) in [7, 11) is 0. The van der Waals surface area contributed by atoms with Crippen LogP contribution in [0.2, 0.25) is 0 Å². The lowest BCUT2D eigenvalue weighted by Gasteiger charge is -2.18. The highest BCUT2D eigenvalue weighted by Gasteiger charge is 2.26. The van der Waals surface area contributed by atoms with Crippen LogP contribution in [0.3, 0.4) is 0 Å². The molecule has 6 nitrogen and oxygen atoms in total.